The van der Waals surface area contributed by atoms with Crippen molar-refractivity contribution in [3.05, 3.63) is 59.4 Å². The van der Waals surface area contributed by atoms with Crippen LogP contribution in [-0.4, -0.2) is 13.4 Å². The minimum absolute atomic E-state index is 0.238. The average molecular weight is 355 g/mol. The van der Waals surface area contributed by atoms with Crippen molar-refractivity contribution in [2.75, 3.05) is 0 Å². The van der Waals surface area contributed by atoms with Crippen molar-refractivity contribution in [3.63, 3.8) is 0 Å². The lowest BCUT2D eigenvalue weighted by molar-refractivity contribution is 0.581. The molecule has 0 amide bonds. The Hall–Kier alpha value is -1.24. The Morgan fingerprint density at radius 2 is 1.90 bits per heavy atom. The van der Waals surface area contributed by atoms with Gasteiger partial charge in [-0.3, -0.25) is 4.98 Å². The third kappa shape index (κ3) is 3.65. The summed E-state index contributed by atoms with van der Waals surface area (Å²) in [6.07, 6.45) is 3.36. The number of hydrogen-bond donors (Lipinski definition) is 1. The molecule has 20 heavy (non-hydrogen) atoms. The molecular formula is C14H15BrN2O2S. The van der Waals surface area contributed by atoms with Crippen molar-refractivity contribution >= 4 is 26.0 Å². The van der Waals surface area contributed by atoms with E-state index in [0.717, 1.165) is 16.7 Å². The Kier molecular flexibility index (Phi) is 4.91. The lowest BCUT2D eigenvalue weighted by atomic mass is 10.2. The van der Waals surface area contributed by atoms with Crippen LogP contribution in [0.2, 0.25) is 0 Å². The van der Waals surface area contributed by atoms with Crippen molar-refractivity contribution in [1.82, 2.24) is 9.71 Å². The fraction of sp³-hybridized carbons (Fsp3) is 0.214. The lowest BCUT2D eigenvalue weighted by Gasteiger charge is -2.08. The molecule has 4 nitrogen and oxygen atoms in total. The van der Waals surface area contributed by atoms with Crippen LogP contribution in [0.3, 0.4) is 0 Å². The quantitative estimate of drug-likeness (QED) is 0.839. The first-order valence-corrected chi connectivity index (χ1v) is 8.67. The summed E-state index contributed by atoms with van der Waals surface area (Å²) in [6.45, 7) is 2.16. The first-order valence-electron chi connectivity index (χ1n) is 6.07. The Bertz CT molecular complexity index is 685. The van der Waals surface area contributed by atoms with Crippen LogP contribution in [0.15, 0.2) is 47.6 Å². The number of aromatic nitrogens is 1. The summed E-state index contributed by atoms with van der Waals surface area (Å²) in [5.41, 5.74) is 2.91. The van der Waals surface area contributed by atoms with Gasteiger partial charge < -0.3 is 0 Å². The second-order valence-corrected chi connectivity index (χ2v) is 6.73. The van der Waals surface area contributed by atoms with Gasteiger partial charge in [0.2, 0.25) is 10.0 Å². The van der Waals surface area contributed by atoms with E-state index in [9.17, 15) is 8.42 Å². The van der Waals surface area contributed by atoms with Crippen molar-refractivity contribution in [3.8, 4) is 0 Å². The number of rotatable bonds is 5. The summed E-state index contributed by atoms with van der Waals surface area (Å²) >= 11 is 3.33. The van der Waals surface area contributed by atoms with Crippen LogP contribution >= 0.6 is 15.9 Å². The molecule has 1 aromatic heterocycles. The monoisotopic (exact) mass is 354 g/mol. The number of alkyl halides is 1. The molecule has 0 fully saturated rings. The molecule has 0 spiro atoms. The number of sulfonamides is 1. The van der Waals surface area contributed by atoms with Crippen molar-refractivity contribution < 1.29 is 8.42 Å². The summed E-state index contributed by atoms with van der Waals surface area (Å²) in [7, 11) is -3.49. The molecule has 0 bridgehead atoms. The van der Waals surface area contributed by atoms with E-state index in [-0.39, 0.29) is 11.4 Å². The van der Waals surface area contributed by atoms with E-state index in [1.54, 1.807) is 36.7 Å². The van der Waals surface area contributed by atoms with Gasteiger partial charge in [-0.1, -0.05) is 28.1 Å². The molecule has 2 rings (SSSR count). The molecule has 0 aliphatic rings. The largest absolute Gasteiger partial charge is 0.264 e. The molecule has 0 saturated heterocycles. The minimum atomic E-state index is -3.49. The highest BCUT2D eigenvalue weighted by atomic mass is 79.9. The number of aryl methyl sites for hydroxylation is 1. The zero-order chi connectivity index (χ0) is 14.6. The number of hydrogen-bond acceptors (Lipinski definition) is 3. The second kappa shape index (κ2) is 6.47. The highest BCUT2D eigenvalue weighted by Gasteiger charge is 2.13. The maximum Gasteiger partial charge on any atom is 0.240 e. The first kappa shape index (κ1) is 15.2. The van der Waals surface area contributed by atoms with Gasteiger partial charge in [-0.05, 0) is 41.8 Å². The van der Waals surface area contributed by atoms with Crippen molar-refractivity contribution in [2.24, 2.45) is 0 Å². The second-order valence-electron chi connectivity index (χ2n) is 4.40. The SMILES string of the molecule is Cc1ccncc1CNS(=O)(=O)c1ccc(CBr)cc1. The normalized spacial score (nSPS) is 11.5. The highest BCUT2D eigenvalue weighted by Crippen LogP contribution is 2.13. The van der Waals surface area contributed by atoms with Crippen LogP contribution in [0.5, 0.6) is 0 Å². The zero-order valence-electron chi connectivity index (χ0n) is 11.0. The predicted octanol–water partition coefficient (Wildman–Crippen LogP) is 2.76. The van der Waals surface area contributed by atoms with Gasteiger partial charge in [0.05, 0.1) is 4.90 Å². The summed E-state index contributed by atoms with van der Waals surface area (Å²) in [5, 5.41) is 0.704. The third-order valence-electron chi connectivity index (χ3n) is 2.99. The molecule has 0 atom stereocenters. The molecule has 2 aromatic rings. The number of benzene rings is 1. The molecule has 106 valence electrons. The number of nitrogens with one attached hydrogen (secondary N) is 1. The molecule has 1 N–H and O–H groups in total. The highest BCUT2D eigenvalue weighted by molar-refractivity contribution is 9.08. The molecular weight excluding hydrogens is 340 g/mol. The molecule has 0 aliphatic carbocycles. The van der Waals surface area contributed by atoms with Gasteiger partial charge in [-0.25, -0.2) is 13.1 Å². The summed E-state index contributed by atoms with van der Waals surface area (Å²) in [5.74, 6) is 0. The Labute approximate surface area is 127 Å². The number of nitrogens with zero attached hydrogens (tertiary/aromatic N) is 1. The third-order valence-corrected chi connectivity index (χ3v) is 5.05. The first-order chi connectivity index (χ1) is 9.53. The van der Waals surface area contributed by atoms with Gasteiger partial charge >= 0.3 is 0 Å². The van der Waals surface area contributed by atoms with Crippen molar-refractivity contribution in [1.29, 1.82) is 0 Å². The van der Waals surface area contributed by atoms with E-state index in [2.05, 4.69) is 25.6 Å². The van der Waals surface area contributed by atoms with E-state index in [0.29, 0.717) is 5.33 Å². The van der Waals surface area contributed by atoms with E-state index in [1.807, 2.05) is 13.0 Å². The standard InChI is InChI=1S/C14H15BrN2O2S/c1-11-6-7-16-9-13(11)10-17-20(18,19)14-4-2-12(8-15)3-5-14/h2-7,9,17H,8,10H2,1H3. The molecule has 1 aromatic carbocycles. The van der Waals surface area contributed by atoms with Crippen LogP contribution in [-0.2, 0) is 21.9 Å². The topological polar surface area (TPSA) is 59.1 Å². The summed E-state index contributed by atoms with van der Waals surface area (Å²) in [6, 6.07) is 8.65. The maximum atomic E-state index is 12.2. The lowest BCUT2D eigenvalue weighted by Crippen LogP contribution is -2.23. The zero-order valence-corrected chi connectivity index (χ0v) is 13.4. The maximum absolute atomic E-state index is 12.2. The van der Waals surface area contributed by atoms with Crippen LogP contribution in [0.4, 0.5) is 0 Å². The fourth-order valence-electron chi connectivity index (χ4n) is 1.70. The van der Waals surface area contributed by atoms with Gasteiger partial charge in [-0.15, -0.1) is 0 Å². The van der Waals surface area contributed by atoms with Crippen LogP contribution in [0.25, 0.3) is 0 Å². The molecule has 6 heteroatoms. The number of pyridine rings is 1. The van der Waals surface area contributed by atoms with E-state index in [1.165, 1.54) is 0 Å². The van der Waals surface area contributed by atoms with Gasteiger partial charge in [0.15, 0.2) is 0 Å². The smallest absolute Gasteiger partial charge is 0.240 e. The molecule has 0 aliphatic heterocycles. The Morgan fingerprint density at radius 3 is 2.50 bits per heavy atom. The van der Waals surface area contributed by atoms with E-state index in [4.69, 9.17) is 0 Å². The van der Waals surface area contributed by atoms with Gasteiger partial charge in [-0.2, -0.15) is 0 Å². The fourth-order valence-corrected chi connectivity index (χ4v) is 3.08. The Morgan fingerprint density at radius 1 is 1.20 bits per heavy atom. The Balaban J connectivity index is 2.13. The molecule has 0 saturated carbocycles. The van der Waals surface area contributed by atoms with Crippen LogP contribution in [0, 0.1) is 6.92 Å². The van der Waals surface area contributed by atoms with Crippen molar-refractivity contribution in [2.45, 2.75) is 23.7 Å². The molecule has 0 unspecified atom stereocenters. The van der Waals surface area contributed by atoms with Gasteiger partial charge in [0.25, 0.3) is 0 Å². The minimum Gasteiger partial charge on any atom is -0.264 e. The van der Waals surface area contributed by atoms with Gasteiger partial charge in [0.1, 0.15) is 0 Å². The average Bonchev–Trinajstić information content (AvgIpc) is 2.46. The summed E-state index contributed by atoms with van der Waals surface area (Å²) in [4.78, 5) is 4.27. The van der Waals surface area contributed by atoms with E-state index < -0.39 is 10.0 Å². The van der Waals surface area contributed by atoms with E-state index >= 15 is 0 Å². The van der Waals surface area contributed by atoms with Gasteiger partial charge in [0, 0.05) is 24.3 Å². The van der Waals surface area contributed by atoms with Crippen LogP contribution in [0.1, 0.15) is 16.7 Å². The van der Waals surface area contributed by atoms with Crippen LogP contribution < -0.4 is 4.72 Å². The predicted molar refractivity (Wildman–Crippen MR) is 82.1 cm³/mol. The molecule has 0 radical (unpaired) electrons. The number of halogens is 1. The molecule has 1 heterocycles. The summed E-state index contributed by atoms with van der Waals surface area (Å²) < 4.78 is 26.9.